The van der Waals surface area contributed by atoms with Gasteiger partial charge in [0.25, 0.3) is 5.91 Å². The van der Waals surface area contributed by atoms with Gasteiger partial charge in [-0.2, -0.15) is 0 Å². The smallest absolute Gasteiger partial charge is 0.349 e. The van der Waals surface area contributed by atoms with E-state index < -0.39 is 11.5 Å². The summed E-state index contributed by atoms with van der Waals surface area (Å²) in [6.07, 6.45) is 3.81. The van der Waals surface area contributed by atoms with Gasteiger partial charge in [0.15, 0.2) is 11.3 Å². The summed E-state index contributed by atoms with van der Waals surface area (Å²) in [5.41, 5.74) is 0.580. The van der Waals surface area contributed by atoms with Crippen LogP contribution in [0.5, 0.6) is 5.75 Å². The normalized spacial score (nSPS) is 10.7. The van der Waals surface area contributed by atoms with Crippen LogP contribution in [0.1, 0.15) is 15.9 Å². The number of rotatable bonds is 5. The zero-order valence-electron chi connectivity index (χ0n) is 12.5. The second-order valence-corrected chi connectivity index (χ2v) is 4.96. The Morgan fingerprint density at radius 2 is 2.17 bits per heavy atom. The lowest BCUT2D eigenvalue weighted by molar-refractivity contribution is 0.0950. The molecule has 6 heteroatoms. The van der Waals surface area contributed by atoms with E-state index in [0.29, 0.717) is 29.7 Å². The number of amides is 1. The number of para-hydroxylation sites is 1. The summed E-state index contributed by atoms with van der Waals surface area (Å²) in [5.74, 6) is -0.0153. The molecule has 2 heterocycles. The quantitative estimate of drug-likeness (QED) is 0.731. The molecule has 0 fully saturated rings. The predicted octanol–water partition coefficient (Wildman–Crippen LogP) is 2.37. The molecule has 6 nitrogen and oxygen atoms in total. The number of nitrogens with one attached hydrogen (secondary N) is 1. The summed E-state index contributed by atoms with van der Waals surface area (Å²) >= 11 is 0. The molecule has 3 aromatic rings. The lowest BCUT2D eigenvalue weighted by Crippen LogP contribution is -2.29. The van der Waals surface area contributed by atoms with Gasteiger partial charge in [0.05, 0.1) is 19.6 Å². The highest BCUT2D eigenvalue weighted by Gasteiger charge is 2.15. The van der Waals surface area contributed by atoms with Crippen LogP contribution in [0.4, 0.5) is 0 Å². The van der Waals surface area contributed by atoms with Crippen molar-refractivity contribution in [2.75, 3.05) is 13.7 Å². The van der Waals surface area contributed by atoms with Crippen molar-refractivity contribution in [2.24, 2.45) is 0 Å². The van der Waals surface area contributed by atoms with E-state index >= 15 is 0 Å². The first-order valence-corrected chi connectivity index (χ1v) is 7.09. The van der Waals surface area contributed by atoms with Gasteiger partial charge in [0.2, 0.25) is 0 Å². The molecule has 0 spiro atoms. The Morgan fingerprint density at radius 1 is 1.30 bits per heavy atom. The lowest BCUT2D eigenvalue weighted by Gasteiger charge is -2.06. The topological polar surface area (TPSA) is 81.7 Å². The Kier molecular flexibility index (Phi) is 4.14. The molecule has 1 N–H and O–H groups in total. The van der Waals surface area contributed by atoms with E-state index in [-0.39, 0.29) is 5.56 Å². The van der Waals surface area contributed by atoms with Gasteiger partial charge in [-0.25, -0.2) is 4.79 Å². The van der Waals surface area contributed by atoms with Crippen molar-refractivity contribution in [3.63, 3.8) is 0 Å². The second-order valence-electron chi connectivity index (χ2n) is 4.96. The van der Waals surface area contributed by atoms with Gasteiger partial charge in [-0.05, 0) is 30.2 Å². The summed E-state index contributed by atoms with van der Waals surface area (Å²) in [6, 6.07) is 8.54. The average Bonchev–Trinajstić information content (AvgIpc) is 3.07. The molecule has 3 rings (SSSR count). The van der Waals surface area contributed by atoms with Crippen LogP contribution < -0.4 is 15.7 Å². The Labute approximate surface area is 131 Å². The van der Waals surface area contributed by atoms with Gasteiger partial charge in [0.1, 0.15) is 5.56 Å². The number of ether oxygens (including phenoxy) is 1. The fourth-order valence-corrected chi connectivity index (χ4v) is 2.29. The number of carbonyl (C=O) groups is 1. The van der Waals surface area contributed by atoms with Gasteiger partial charge in [-0.3, -0.25) is 4.79 Å². The van der Waals surface area contributed by atoms with E-state index in [1.165, 1.54) is 13.2 Å². The highest BCUT2D eigenvalue weighted by Crippen LogP contribution is 2.24. The predicted molar refractivity (Wildman–Crippen MR) is 83.8 cm³/mol. The molecular formula is C17H15NO5. The van der Waals surface area contributed by atoms with Gasteiger partial charge >= 0.3 is 5.63 Å². The van der Waals surface area contributed by atoms with Crippen LogP contribution in [0.15, 0.2) is 56.5 Å². The van der Waals surface area contributed by atoms with Crippen LogP contribution in [-0.4, -0.2) is 19.6 Å². The first-order valence-electron chi connectivity index (χ1n) is 7.09. The van der Waals surface area contributed by atoms with E-state index in [2.05, 4.69) is 5.32 Å². The maximum Gasteiger partial charge on any atom is 0.349 e. The number of hydrogen-bond acceptors (Lipinski definition) is 5. The number of furan rings is 1. The lowest BCUT2D eigenvalue weighted by atomic mass is 10.1. The number of benzene rings is 1. The summed E-state index contributed by atoms with van der Waals surface area (Å²) in [6.45, 7) is 0.397. The Hall–Kier alpha value is -3.02. The molecule has 0 aliphatic heterocycles. The van der Waals surface area contributed by atoms with Gasteiger partial charge < -0.3 is 18.9 Å². The standard InChI is InChI=1S/C17H15NO5/c1-21-14-4-2-3-12-9-13(17(20)23-15(12)14)16(19)18-7-5-11-6-8-22-10-11/h2-4,6,8-10H,5,7H2,1H3,(H,18,19). The SMILES string of the molecule is COc1cccc2cc(C(=O)NCCc3ccoc3)c(=O)oc12. The van der Waals surface area contributed by atoms with E-state index in [1.54, 1.807) is 30.7 Å². The molecule has 0 atom stereocenters. The van der Waals surface area contributed by atoms with Crippen molar-refractivity contribution in [2.45, 2.75) is 6.42 Å². The third-order valence-electron chi connectivity index (χ3n) is 3.47. The Balaban J connectivity index is 1.80. The van der Waals surface area contributed by atoms with E-state index in [0.717, 1.165) is 5.56 Å². The van der Waals surface area contributed by atoms with Crippen LogP contribution >= 0.6 is 0 Å². The molecule has 118 valence electrons. The average molecular weight is 313 g/mol. The summed E-state index contributed by atoms with van der Waals surface area (Å²) in [5, 5.41) is 3.33. The van der Waals surface area contributed by atoms with Crippen molar-refractivity contribution in [1.29, 1.82) is 0 Å². The van der Waals surface area contributed by atoms with Crippen molar-refractivity contribution in [3.05, 3.63) is 64.4 Å². The fourth-order valence-electron chi connectivity index (χ4n) is 2.29. The highest BCUT2D eigenvalue weighted by atomic mass is 16.5. The Morgan fingerprint density at radius 3 is 2.91 bits per heavy atom. The third-order valence-corrected chi connectivity index (χ3v) is 3.47. The summed E-state index contributed by atoms with van der Waals surface area (Å²) < 4.78 is 15.3. The Bertz CT molecular complexity index is 880. The first-order chi connectivity index (χ1) is 11.2. The molecule has 0 radical (unpaired) electrons. The summed E-state index contributed by atoms with van der Waals surface area (Å²) in [4.78, 5) is 24.2. The zero-order chi connectivity index (χ0) is 16.2. The molecule has 0 saturated carbocycles. The van der Waals surface area contributed by atoms with Crippen LogP contribution in [-0.2, 0) is 6.42 Å². The minimum atomic E-state index is -0.692. The minimum absolute atomic E-state index is 0.0297. The van der Waals surface area contributed by atoms with Crippen LogP contribution in [0.3, 0.4) is 0 Å². The molecule has 1 amide bonds. The maximum atomic E-state index is 12.2. The van der Waals surface area contributed by atoms with Crippen LogP contribution in [0.25, 0.3) is 11.0 Å². The van der Waals surface area contributed by atoms with Crippen molar-refractivity contribution in [3.8, 4) is 5.75 Å². The van der Waals surface area contributed by atoms with E-state index in [4.69, 9.17) is 13.6 Å². The van der Waals surface area contributed by atoms with Gasteiger partial charge in [-0.1, -0.05) is 12.1 Å². The molecule has 0 bridgehead atoms. The highest BCUT2D eigenvalue weighted by molar-refractivity contribution is 5.97. The molecule has 23 heavy (non-hydrogen) atoms. The third kappa shape index (κ3) is 3.11. The molecule has 0 aliphatic rings. The van der Waals surface area contributed by atoms with E-state index in [9.17, 15) is 9.59 Å². The summed E-state index contributed by atoms with van der Waals surface area (Å²) in [7, 11) is 1.49. The number of carbonyl (C=O) groups excluding carboxylic acids is 1. The van der Waals surface area contributed by atoms with Gasteiger partial charge in [-0.15, -0.1) is 0 Å². The molecule has 0 saturated heterocycles. The second kappa shape index (κ2) is 6.39. The molecule has 1 aromatic carbocycles. The van der Waals surface area contributed by atoms with Crippen LogP contribution in [0.2, 0.25) is 0 Å². The zero-order valence-corrected chi connectivity index (χ0v) is 12.5. The minimum Gasteiger partial charge on any atom is -0.493 e. The van der Waals surface area contributed by atoms with Crippen molar-refractivity contribution in [1.82, 2.24) is 5.32 Å². The van der Waals surface area contributed by atoms with Crippen molar-refractivity contribution >= 4 is 16.9 Å². The van der Waals surface area contributed by atoms with Crippen molar-refractivity contribution < 1.29 is 18.4 Å². The molecular weight excluding hydrogens is 298 g/mol. The van der Waals surface area contributed by atoms with Gasteiger partial charge in [0, 0.05) is 11.9 Å². The molecule has 0 aliphatic carbocycles. The number of fused-ring (bicyclic) bond motifs is 1. The van der Waals surface area contributed by atoms with Crippen LogP contribution in [0, 0.1) is 0 Å². The number of methoxy groups -OCH3 is 1. The van der Waals surface area contributed by atoms with E-state index in [1.807, 2.05) is 6.07 Å². The monoisotopic (exact) mass is 313 g/mol. The molecule has 2 aromatic heterocycles. The first kappa shape index (κ1) is 14.9. The maximum absolute atomic E-state index is 12.2. The fraction of sp³-hybridized carbons (Fsp3) is 0.176. The largest absolute Gasteiger partial charge is 0.493 e. The number of hydrogen-bond donors (Lipinski definition) is 1. The molecule has 0 unspecified atom stereocenters.